The van der Waals surface area contributed by atoms with E-state index in [0.29, 0.717) is 11.4 Å². The fourth-order valence-corrected chi connectivity index (χ4v) is 4.40. The van der Waals surface area contributed by atoms with Crippen LogP contribution in [0.15, 0.2) is 81.7 Å². The van der Waals surface area contributed by atoms with Gasteiger partial charge in [0.05, 0.1) is 5.56 Å². The first-order valence-electron chi connectivity index (χ1n) is 9.22. The summed E-state index contributed by atoms with van der Waals surface area (Å²) in [7, 11) is 0. The number of benzene rings is 3. The Balaban J connectivity index is 1.65. The molecule has 0 bridgehead atoms. The molecule has 158 valence electrons. The molecule has 2 aliphatic heterocycles. The van der Waals surface area contributed by atoms with Gasteiger partial charge in [-0.3, -0.25) is 9.80 Å². The van der Waals surface area contributed by atoms with Crippen LogP contribution in [0.4, 0.5) is 29.3 Å². The van der Waals surface area contributed by atoms with Crippen molar-refractivity contribution in [1.82, 2.24) is 0 Å². The molecule has 0 aromatic heterocycles. The van der Waals surface area contributed by atoms with E-state index in [1.807, 2.05) is 0 Å². The van der Waals surface area contributed by atoms with Gasteiger partial charge >= 0.3 is 12.2 Å². The second kappa shape index (κ2) is 7.08. The van der Waals surface area contributed by atoms with E-state index in [2.05, 4.69) is 31.9 Å². The summed E-state index contributed by atoms with van der Waals surface area (Å²) in [6.07, 6.45) is -5.26. The molecule has 3 aromatic rings. The Morgan fingerprint density at radius 3 is 2.03 bits per heavy atom. The summed E-state index contributed by atoms with van der Waals surface area (Å²) in [6.45, 7) is 0. The quantitative estimate of drug-likeness (QED) is 0.331. The summed E-state index contributed by atoms with van der Waals surface area (Å²) in [5.74, 6) is 0. The van der Waals surface area contributed by atoms with Crippen LogP contribution in [0, 0.1) is 0 Å². The van der Waals surface area contributed by atoms with Crippen LogP contribution in [0.25, 0.3) is 0 Å². The molecule has 2 heterocycles. The number of carbonyl (C=O) groups is 1. The van der Waals surface area contributed by atoms with E-state index in [1.54, 1.807) is 54.6 Å². The molecule has 2 amide bonds. The highest BCUT2D eigenvalue weighted by Crippen LogP contribution is 2.58. The molecule has 0 radical (unpaired) electrons. The Labute approximate surface area is 192 Å². The Bertz CT molecular complexity index is 1170. The minimum absolute atomic E-state index is 0.267. The van der Waals surface area contributed by atoms with Gasteiger partial charge in [-0.05, 0) is 60.7 Å². The summed E-state index contributed by atoms with van der Waals surface area (Å²) >= 11 is 6.73. The van der Waals surface area contributed by atoms with Crippen molar-refractivity contribution in [3.05, 3.63) is 92.9 Å². The molecule has 9 heteroatoms. The van der Waals surface area contributed by atoms with Gasteiger partial charge < -0.3 is 4.74 Å². The van der Waals surface area contributed by atoms with Crippen LogP contribution in [0.2, 0.25) is 0 Å². The van der Waals surface area contributed by atoms with Gasteiger partial charge in [0.15, 0.2) is 6.23 Å². The van der Waals surface area contributed by atoms with Crippen LogP contribution in [0.5, 0.6) is 0 Å². The van der Waals surface area contributed by atoms with E-state index in [1.165, 1.54) is 15.9 Å². The Morgan fingerprint density at radius 1 is 0.871 bits per heavy atom. The van der Waals surface area contributed by atoms with Crippen molar-refractivity contribution < 1.29 is 22.7 Å². The molecule has 0 spiro atoms. The van der Waals surface area contributed by atoms with Crippen molar-refractivity contribution in [1.29, 1.82) is 0 Å². The molecular weight excluding hydrogens is 541 g/mol. The smallest absolute Gasteiger partial charge is 0.317 e. The number of hydrogen-bond acceptors (Lipinski definition) is 2. The van der Waals surface area contributed by atoms with Crippen LogP contribution < -0.4 is 9.80 Å². The third kappa shape index (κ3) is 3.26. The first-order chi connectivity index (χ1) is 14.7. The maximum atomic E-state index is 13.5. The highest BCUT2D eigenvalue weighted by molar-refractivity contribution is 9.10. The van der Waals surface area contributed by atoms with Crippen molar-refractivity contribution in [2.75, 3.05) is 9.80 Å². The van der Waals surface area contributed by atoms with Gasteiger partial charge in [0, 0.05) is 25.9 Å². The lowest BCUT2D eigenvalue weighted by Crippen LogP contribution is -2.41. The number of ether oxygens (including phenoxy) is 1. The van der Waals surface area contributed by atoms with Crippen LogP contribution >= 0.6 is 31.9 Å². The van der Waals surface area contributed by atoms with Crippen LogP contribution in [0.3, 0.4) is 0 Å². The molecule has 2 aliphatic rings. The molecule has 4 nitrogen and oxygen atoms in total. The third-order valence-electron chi connectivity index (χ3n) is 5.33. The van der Waals surface area contributed by atoms with Gasteiger partial charge in [0.2, 0.25) is 5.72 Å². The normalized spacial score (nSPS) is 22.6. The number of hydrogen-bond donors (Lipinski definition) is 0. The predicted octanol–water partition coefficient (Wildman–Crippen LogP) is 6.89. The Morgan fingerprint density at radius 2 is 1.45 bits per heavy atom. The van der Waals surface area contributed by atoms with Gasteiger partial charge in [0.25, 0.3) is 0 Å². The second-order valence-corrected chi connectivity index (χ2v) is 9.02. The number of rotatable bonds is 3. The number of amides is 2. The maximum Gasteiger partial charge on any atom is 0.416 e. The average Bonchev–Trinajstić information content (AvgIpc) is 3.40. The third-order valence-corrected chi connectivity index (χ3v) is 6.38. The fourth-order valence-electron chi connectivity index (χ4n) is 3.88. The largest absolute Gasteiger partial charge is 0.416 e. The first kappa shape index (κ1) is 20.5. The lowest BCUT2D eigenvalue weighted by atomic mass is 10.0. The topological polar surface area (TPSA) is 36.1 Å². The highest BCUT2D eigenvalue weighted by atomic mass is 79.9. The standard InChI is InChI=1S/C22H13Br2F3N2O2/c23-15-4-8-17(9-5-15)28-19-21(31-19,13-2-1-3-14(12-13)22(25,26)27)29(20(28)30)18-10-6-16(24)7-11-18/h1-12,19H. The van der Waals surface area contributed by atoms with Gasteiger partial charge in [0.1, 0.15) is 0 Å². The van der Waals surface area contributed by atoms with E-state index in [0.717, 1.165) is 21.1 Å². The zero-order valence-electron chi connectivity index (χ0n) is 15.6. The lowest BCUT2D eigenvalue weighted by Gasteiger charge is -2.27. The van der Waals surface area contributed by atoms with Crippen molar-refractivity contribution in [3.63, 3.8) is 0 Å². The van der Waals surface area contributed by atoms with E-state index < -0.39 is 23.7 Å². The summed E-state index contributed by atoms with van der Waals surface area (Å²) < 4.78 is 47.8. The lowest BCUT2D eigenvalue weighted by molar-refractivity contribution is -0.137. The maximum absolute atomic E-state index is 13.5. The number of nitrogens with zero attached hydrogens (tertiary/aromatic N) is 2. The molecule has 2 unspecified atom stereocenters. The number of urea groups is 1. The number of anilines is 2. The van der Waals surface area contributed by atoms with Gasteiger partial charge in [-0.25, -0.2) is 4.79 Å². The molecule has 0 N–H and O–H groups in total. The number of fused-ring (bicyclic) bond motifs is 1. The van der Waals surface area contributed by atoms with Crippen LogP contribution in [-0.4, -0.2) is 12.3 Å². The average molecular weight is 554 g/mol. The SMILES string of the molecule is O=C1N(c2ccc(Br)cc2)C2OC2(c2cccc(C(F)(F)F)c2)N1c1ccc(Br)cc1. The van der Waals surface area contributed by atoms with E-state index >= 15 is 0 Å². The predicted molar refractivity (Wildman–Crippen MR) is 117 cm³/mol. The molecule has 2 fully saturated rings. The molecule has 5 rings (SSSR count). The molecule has 3 aromatic carbocycles. The van der Waals surface area contributed by atoms with Crippen molar-refractivity contribution in [2.45, 2.75) is 18.1 Å². The summed E-state index contributed by atoms with van der Waals surface area (Å²) in [4.78, 5) is 16.4. The van der Waals surface area contributed by atoms with Gasteiger partial charge in [-0.1, -0.05) is 44.0 Å². The van der Waals surface area contributed by atoms with Crippen molar-refractivity contribution in [2.24, 2.45) is 0 Å². The second-order valence-electron chi connectivity index (χ2n) is 7.19. The first-order valence-corrected chi connectivity index (χ1v) is 10.8. The molecule has 2 saturated heterocycles. The fraction of sp³-hybridized carbons (Fsp3) is 0.136. The Kier molecular flexibility index (Phi) is 4.69. The monoisotopic (exact) mass is 552 g/mol. The zero-order valence-corrected chi connectivity index (χ0v) is 18.8. The van der Waals surface area contributed by atoms with Gasteiger partial charge in [-0.15, -0.1) is 0 Å². The number of epoxide rings is 1. The molecule has 2 atom stereocenters. The highest BCUT2D eigenvalue weighted by Gasteiger charge is 2.74. The molecule has 31 heavy (non-hydrogen) atoms. The van der Waals surface area contributed by atoms with Crippen LogP contribution in [-0.2, 0) is 16.6 Å². The minimum Gasteiger partial charge on any atom is -0.317 e. The summed E-state index contributed by atoms with van der Waals surface area (Å²) in [5, 5.41) is 0. The number of carbonyl (C=O) groups excluding carboxylic acids is 1. The molecular formula is C22H13Br2F3N2O2. The Hall–Kier alpha value is -2.36. The van der Waals surface area contributed by atoms with E-state index in [4.69, 9.17) is 4.74 Å². The van der Waals surface area contributed by atoms with Gasteiger partial charge in [-0.2, -0.15) is 13.2 Å². The minimum atomic E-state index is -4.51. The summed E-state index contributed by atoms with van der Waals surface area (Å²) in [5.41, 5.74) is -0.763. The zero-order chi connectivity index (χ0) is 22.0. The number of alkyl halides is 3. The molecule has 0 saturated carbocycles. The number of halogens is 5. The van der Waals surface area contributed by atoms with Crippen LogP contribution in [0.1, 0.15) is 11.1 Å². The van der Waals surface area contributed by atoms with Crippen molar-refractivity contribution in [3.8, 4) is 0 Å². The van der Waals surface area contributed by atoms with Crippen molar-refractivity contribution >= 4 is 49.3 Å². The van der Waals surface area contributed by atoms with E-state index in [-0.39, 0.29) is 11.6 Å². The molecule has 0 aliphatic carbocycles. The summed E-state index contributed by atoms with van der Waals surface area (Å²) in [6, 6.07) is 18.6. The van der Waals surface area contributed by atoms with E-state index in [9.17, 15) is 18.0 Å².